The van der Waals surface area contributed by atoms with Crippen LogP contribution in [0.2, 0.25) is 0 Å². The van der Waals surface area contributed by atoms with Gasteiger partial charge in [-0.3, -0.25) is 29.3 Å². The number of phosphoric ester groups is 1. The van der Waals surface area contributed by atoms with E-state index in [1.54, 1.807) is 6.92 Å². The van der Waals surface area contributed by atoms with Crippen LogP contribution in [0.4, 0.5) is 5.95 Å². The van der Waals surface area contributed by atoms with Crippen molar-refractivity contribution in [2.24, 2.45) is 0 Å². The van der Waals surface area contributed by atoms with Gasteiger partial charge in [0.2, 0.25) is 11.9 Å². The molecule has 15 nitrogen and oxygen atoms in total. The van der Waals surface area contributed by atoms with Gasteiger partial charge in [-0.05, 0) is 28.8 Å². The SMILES string of the molecule is CCCC(=O)Nc1nc2c(nc(Br)n2[C@@H]2O[C@@H]3CO[P+]([O-])(O)O[C@H]3[C@H]2OC(=O)CCC)c(=O)[nH]1.O.[Na+]. The van der Waals surface area contributed by atoms with Crippen molar-refractivity contribution in [3.8, 4) is 0 Å². The molecule has 0 saturated carbocycles. The van der Waals surface area contributed by atoms with Gasteiger partial charge in [0.15, 0.2) is 34.3 Å². The summed E-state index contributed by atoms with van der Waals surface area (Å²) in [6.07, 6.45) is -2.84. The fourth-order valence-corrected chi connectivity index (χ4v) is 5.24. The number of ether oxygens (including phenoxy) is 2. The van der Waals surface area contributed by atoms with Crippen LogP contribution in [0, 0.1) is 0 Å². The monoisotopic (exact) mass is 604 g/mol. The second-order valence-corrected chi connectivity index (χ2v) is 9.86. The molecule has 2 aliphatic rings. The number of esters is 1. The number of anilines is 1. The Hall–Kier alpha value is -1.04. The molecule has 0 bridgehead atoms. The Morgan fingerprint density at radius 3 is 2.69 bits per heavy atom. The molecule has 4 heterocycles. The summed E-state index contributed by atoms with van der Waals surface area (Å²) in [6.45, 7) is 3.34. The summed E-state index contributed by atoms with van der Waals surface area (Å²) in [6, 6.07) is 0. The fraction of sp³-hybridized carbons (Fsp3) is 0.611. The van der Waals surface area contributed by atoms with Gasteiger partial charge in [0.25, 0.3) is 5.56 Å². The quantitative estimate of drug-likeness (QED) is 0.124. The molecule has 5 N–H and O–H groups in total. The molecule has 1 unspecified atom stereocenters. The minimum Gasteiger partial charge on any atom is -0.606 e. The standard InChI is InChI=1S/C18H23BrN5O9P.Na.H2O/c1-3-5-9(25)20-18-22-14-11(15(27)23-18)21-17(19)24(14)16-13(32-10(26)6-4-2)12-8(31-16)7-30-34(28,29)33-12;;/h8,12-13,16H,3-7H2,1-2H3,(H,28,29)(H2,20,22,23,25,27);;1H2/q;+1;/t8-,12-,13-,16-;;/m1../s1. The van der Waals surface area contributed by atoms with E-state index in [-0.39, 0.29) is 82.2 Å². The Bertz CT molecular complexity index is 1160. The van der Waals surface area contributed by atoms with Crippen molar-refractivity contribution < 1.29 is 72.9 Å². The zero-order valence-electron chi connectivity index (χ0n) is 19.7. The molecule has 0 aromatic carbocycles. The summed E-state index contributed by atoms with van der Waals surface area (Å²) in [5.41, 5.74) is -0.663. The molecule has 2 fully saturated rings. The minimum absolute atomic E-state index is 0. The summed E-state index contributed by atoms with van der Waals surface area (Å²) in [7, 11) is -4.38. The molecule has 2 aliphatic heterocycles. The Balaban J connectivity index is 0.00000228. The molecule has 0 aliphatic carbocycles. The molecular weight excluding hydrogens is 580 g/mol. The van der Waals surface area contributed by atoms with Crippen LogP contribution >= 0.6 is 24.1 Å². The molecular formula is C18H25BrN5NaO10P+. The van der Waals surface area contributed by atoms with E-state index in [9.17, 15) is 24.2 Å². The Labute approximate surface area is 235 Å². The number of nitrogens with zero attached hydrogens (tertiary/aromatic N) is 3. The average Bonchev–Trinajstić information content (AvgIpc) is 3.24. The zero-order chi connectivity index (χ0) is 24.6. The minimum atomic E-state index is -4.38. The molecule has 18 heteroatoms. The third-order valence-corrected chi connectivity index (χ3v) is 6.71. The first-order valence-corrected chi connectivity index (χ1v) is 12.9. The van der Waals surface area contributed by atoms with Crippen molar-refractivity contribution in [3.05, 3.63) is 15.1 Å². The van der Waals surface area contributed by atoms with Gasteiger partial charge in [-0.1, -0.05) is 13.8 Å². The number of fused-ring (bicyclic) bond motifs is 2. The van der Waals surface area contributed by atoms with Gasteiger partial charge in [0.1, 0.15) is 12.7 Å². The Morgan fingerprint density at radius 2 is 2.03 bits per heavy atom. The molecule has 36 heavy (non-hydrogen) atoms. The predicted octanol–water partition coefficient (Wildman–Crippen LogP) is -3.15. The number of phosphoric acid groups is 1. The number of carbonyl (C=O) groups excluding carboxylic acids is 2. The predicted molar refractivity (Wildman–Crippen MR) is 122 cm³/mol. The number of H-pyrrole nitrogens is 1. The number of nitrogens with one attached hydrogen (secondary N) is 2. The summed E-state index contributed by atoms with van der Waals surface area (Å²) >= 11 is 3.28. The fourth-order valence-electron chi connectivity index (χ4n) is 3.73. The van der Waals surface area contributed by atoms with Crippen molar-refractivity contribution >= 4 is 53.1 Å². The molecule has 5 atom stereocenters. The van der Waals surface area contributed by atoms with Crippen molar-refractivity contribution in [3.63, 3.8) is 0 Å². The third kappa shape index (κ3) is 6.50. The van der Waals surface area contributed by atoms with Crippen molar-refractivity contribution in [2.75, 3.05) is 11.9 Å². The maximum atomic E-state index is 12.6. The zero-order valence-corrected chi connectivity index (χ0v) is 24.2. The van der Waals surface area contributed by atoms with Gasteiger partial charge in [0.05, 0.1) is 0 Å². The first kappa shape index (κ1) is 31.2. The van der Waals surface area contributed by atoms with Gasteiger partial charge >= 0.3 is 43.7 Å². The summed E-state index contributed by atoms with van der Waals surface area (Å²) in [4.78, 5) is 69.7. The van der Waals surface area contributed by atoms with E-state index in [2.05, 4.69) is 36.2 Å². The van der Waals surface area contributed by atoms with E-state index in [0.29, 0.717) is 12.8 Å². The number of hydrogen-bond acceptors (Lipinski definition) is 11. The molecule has 4 rings (SSSR count). The summed E-state index contributed by atoms with van der Waals surface area (Å²) < 4.78 is 23.1. The van der Waals surface area contributed by atoms with E-state index >= 15 is 0 Å². The van der Waals surface area contributed by atoms with Gasteiger partial charge in [0, 0.05) is 12.8 Å². The van der Waals surface area contributed by atoms with Crippen LogP contribution in [0.25, 0.3) is 11.2 Å². The normalized spacial score (nSPS) is 27.0. The molecule has 2 aromatic heterocycles. The molecule has 0 radical (unpaired) electrons. The number of aromatic amines is 1. The number of halogens is 1. The van der Waals surface area contributed by atoms with E-state index in [0.717, 1.165) is 0 Å². The van der Waals surface area contributed by atoms with Crippen LogP contribution < -0.4 is 45.3 Å². The molecule has 2 aromatic rings. The average molecular weight is 605 g/mol. The first-order chi connectivity index (χ1) is 16.1. The van der Waals surface area contributed by atoms with E-state index in [1.165, 1.54) is 4.57 Å². The van der Waals surface area contributed by atoms with Gasteiger partial charge in [-0.25, -0.2) is 4.98 Å². The van der Waals surface area contributed by atoms with Crippen molar-refractivity contribution in [1.82, 2.24) is 19.5 Å². The summed E-state index contributed by atoms with van der Waals surface area (Å²) in [5, 5.41) is 2.52. The number of amides is 1. The number of carbonyl (C=O) groups is 2. The van der Waals surface area contributed by atoms with E-state index < -0.39 is 44.2 Å². The van der Waals surface area contributed by atoms with Crippen LogP contribution in [0.15, 0.2) is 9.53 Å². The van der Waals surface area contributed by atoms with Gasteiger partial charge in [-0.2, -0.15) is 18.9 Å². The number of hydrogen-bond donors (Lipinski definition) is 3. The Morgan fingerprint density at radius 1 is 1.33 bits per heavy atom. The van der Waals surface area contributed by atoms with Crippen LogP contribution in [-0.2, 0) is 28.1 Å². The number of aromatic nitrogens is 4. The molecule has 0 spiro atoms. The van der Waals surface area contributed by atoms with Crippen LogP contribution in [0.3, 0.4) is 0 Å². The van der Waals surface area contributed by atoms with Crippen LogP contribution in [-0.4, -0.2) is 66.7 Å². The summed E-state index contributed by atoms with van der Waals surface area (Å²) in [5.74, 6) is -1.00. The Kier molecular flexibility index (Phi) is 11.0. The van der Waals surface area contributed by atoms with Gasteiger partial charge < -0.3 is 19.8 Å². The van der Waals surface area contributed by atoms with Crippen LogP contribution in [0.1, 0.15) is 45.8 Å². The third-order valence-electron chi connectivity index (χ3n) is 5.16. The number of imidazole rings is 1. The second-order valence-electron chi connectivity index (χ2n) is 7.74. The van der Waals surface area contributed by atoms with E-state index in [4.69, 9.17) is 18.5 Å². The maximum absolute atomic E-state index is 12.6. The molecule has 2 saturated heterocycles. The topological polar surface area (TPSA) is 221 Å². The first-order valence-electron chi connectivity index (χ1n) is 10.6. The molecule has 1 amide bonds. The van der Waals surface area contributed by atoms with Crippen LogP contribution in [0.5, 0.6) is 0 Å². The van der Waals surface area contributed by atoms with Gasteiger partial charge in [-0.15, -0.1) is 0 Å². The smallest absolute Gasteiger partial charge is 0.606 e. The van der Waals surface area contributed by atoms with Crippen molar-refractivity contribution in [2.45, 2.75) is 64.1 Å². The number of rotatable bonds is 7. The van der Waals surface area contributed by atoms with E-state index in [1.807, 2.05) is 6.92 Å². The molecule has 194 valence electrons. The van der Waals surface area contributed by atoms with Crippen molar-refractivity contribution in [1.29, 1.82) is 0 Å². The maximum Gasteiger partial charge on any atom is 1.00 e. The largest absolute Gasteiger partial charge is 1.00 e. The second kappa shape index (κ2) is 12.7.